The molecule has 1 heterocycles. The van der Waals surface area contributed by atoms with Gasteiger partial charge in [-0.2, -0.15) is 0 Å². The zero-order chi connectivity index (χ0) is 14.0. The van der Waals surface area contributed by atoms with Crippen LogP contribution in [0.5, 0.6) is 0 Å². The van der Waals surface area contributed by atoms with Gasteiger partial charge in [0.25, 0.3) is 6.43 Å². The van der Waals surface area contributed by atoms with Crippen LogP contribution < -0.4 is 5.32 Å². The molecule has 18 heavy (non-hydrogen) atoms. The van der Waals surface area contributed by atoms with E-state index < -0.39 is 6.43 Å². The first-order valence-corrected chi connectivity index (χ1v) is 7.01. The van der Waals surface area contributed by atoms with E-state index in [1.54, 1.807) is 0 Å². The zero-order valence-corrected chi connectivity index (χ0v) is 12.4. The summed E-state index contributed by atoms with van der Waals surface area (Å²) < 4.78 is 25.6. The summed E-state index contributed by atoms with van der Waals surface area (Å²) in [6, 6.07) is 0.280. The lowest BCUT2D eigenvalue weighted by Gasteiger charge is -2.52. The van der Waals surface area contributed by atoms with Crippen molar-refractivity contribution in [3.63, 3.8) is 0 Å². The first-order valence-electron chi connectivity index (χ1n) is 7.01. The van der Waals surface area contributed by atoms with Gasteiger partial charge in [0.1, 0.15) is 0 Å². The van der Waals surface area contributed by atoms with Gasteiger partial charge in [0.05, 0.1) is 6.54 Å². The Bertz CT molecular complexity index is 257. The molecule has 2 nitrogen and oxygen atoms in total. The van der Waals surface area contributed by atoms with Crippen molar-refractivity contribution in [2.45, 2.75) is 65.5 Å². The van der Waals surface area contributed by atoms with Gasteiger partial charge in [-0.15, -0.1) is 0 Å². The lowest BCUT2D eigenvalue weighted by Crippen LogP contribution is -2.67. The highest BCUT2D eigenvalue weighted by Gasteiger charge is 2.42. The third-order valence-corrected chi connectivity index (χ3v) is 4.47. The van der Waals surface area contributed by atoms with Crippen LogP contribution in [0.15, 0.2) is 0 Å². The number of halogens is 2. The zero-order valence-electron chi connectivity index (χ0n) is 12.4. The molecule has 4 heteroatoms. The fourth-order valence-corrected chi connectivity index (χ4v) is 2.87. The van der Waals surface area contributed by atoms with Crippen molar-refractivity contribution in [3.8, 4) is 0 Å². The first kappa shape index (κ1) is 15.8. The van der Waals surface area contributed by atoms with Crippen molar-refractivity contribution in [3.05, 3.63) is 0 Å². The van der Waals surface area contributed by atoms with Crippen LogP contribution in [0.4, 0.5) is 8.78 Å². The Labute approximate surface area is 110 Å². The maximum Gasteiger partial charge on any atom is 0.251 e. The highest BCUT2D eigenvalue weighted by atomic mass is 19.3. The van der Waals surface area contributed by atoms with E-state index in [1.807, 2.05) is 4.90 Å². The number of hydrogen-bond donors (Lipinski definition) is 1. The topological polar surface area (TPSA) is 15.3 Å². The molecule has 0 aliphatic carbocycles. The quantitative estimate of drug-likeness (QED) is 0.837. The van der Waals surface area contributed by atoms with Crippen molar-refractivity contribution >= 4 is 0 Å². The summed E-state index contributed by atoms with van der Waals surface area (Å²) in [7, 11) is 0. The van der Waals surface area contributed by atoms with Crippen LogP contribution in [-0.4, -0.2) is 42.5 Å². The molecule has 108 valence electrons. The Morgan fingerprint density at radius 3 is 2.22 bits per heavy atom. The van der Waals surface area contributed by atoms with Gasteiger partial charge in [-0.05, 0) is 18.3 Å². The lowest BCUT2D eigenvalue weighted by atomic mass is 9.80. The van der Waals surface area contributed by atoms with E-state index in [0.29, 0.717) is 0 Å². The smallest absolute Gasteiger partial charge is 0.251 e. The molecule has 0 saturated carbocycles. The summed E-state index contributed by atoms with van der Waals surface area (Å²) in [5.74, 6) is 0. The molecule has 1 saturated heterocycles. The molecular weight excluding hydrogens is 234 g/mol. The van der Waals surface area contributed by atoms with Crippen molar-refractivity contribution in [2.75, 3.05) is 19.6 Å². The summed E-state index contributed by atoms with van der Waals surface area (Å²) in [4.78, 5) is 2.02. The van der Waals surface area contributed by atoms with Gasteiger partial charge in [0.2, 0.25) is 0 Å². The second-order valence-corrected chi connectivity index (χ2v) is 6.53. The number of nitrogens with zero attached hydrogens (tertiary/aromatic N) is 1. The van der Waals surface area contributed by atoms with Gasteiger partial charge in [-0.1, -0.05) is 34.6 Å². The molecule has 0 aromatic carbocycles. The average molecular weight is 262 g/mol. The van der Waals surface area contributed by atoms with Gasteiger partial charge < -0.3 is 5.32 Å². The Hall–Kier alpha value is -0.220. The molecule has 1 aliphatic heterocycles. The molecule has 1 N–H and O–H groups in total. The Morgan fingerprint density at radius 2 is 1.83 bits per heavy atom. The van der Waals surface area contributed by atoms with E-state index in [2.05, 4.69) is 39.9 Å². The van der Waals surface area contributed by atoms with Crippen LogP contribution in [-0.2, 0) is 0 Å². The number of rotatable bonds is 4. The third kappa shape index (κ3) is 3.41. The minimum atomic E-state index is -2.25. The second kappa shape index (κ2) is 5.83. The lowest BCUT2D eigenvalue weighted by molar-refractivity contribution is -0.0295. The van der Waals surface area contributed by atoms with Gasteiger partial charge in [-0.25, -0.2) is 8.78 Å². The number of alkyl halides is 2. The maximum atomic E-state index is 12.8. The highest BCUT2D eigenvalue weighted by molar-refractivity contribution is 5.00. The number of piperazine rings is 1. The van der Waals surface area contributed by atoms with Gasteiger partial charge in [0, 0.05) is 24.7 Å². The van der Waals surface area contributed by atoms with E-state index in [0.717, 1.165) is 25.9 Å². The van der Waals surface area contributed by atoms with Crippen molar-refractivity contribution < 1.29 is 8.78 Å². The highest BCUT2D eigenvalue weighted by Crippen LogP contribution is 2.32. The molecule has 0 spiro atoms. The normalized spacial score (nSPS) is 25.7. The predicted molar refractivity (Wildman–Crippen MR) is 72.1 cm³/mol. The fraction of sp³-hybridized carbons (Fsp3) is 1.00. The molecule has 0 amide bonds. The van der Waals surface area contributed by atoms with Crippen LogP contribution in [0.25, 0.3) is 0 Å². The third-order valence-electron chi connectivity index (χ3n) is 4.47. The summed E-state index contributed by atoms with van der Waals surface area (Å²) >= 11 is 0. The largest absolute Gasteiger partial charge is 0.310 e. The predicted octanol–water partition coefficient (Wildman–Crippen LogP) is 3.13. The van der Waals surface area contributed by atoms with E-state index in [9.17, 15) is 8.78 Å². The molecule has 1 aliphatic rings. The van der Waals surface area contributed by atoms with E-state index in [4.69, 9.17) is 0 Å². The SMILES string of the molecule is CCC1(CC)CNC(C(C)(C)C)CN1CC(F)F. The standard InChI is InChI=1S/C14H28F2N2/c1-6-14(7-2)10-17-11(13(3,4)5)8-18(14)9-12(15)16/h11-12,17H,6-10H2,1-5H3. The second-order valence-electron chi connectivity index (χ2n) is 6.53. The number of hydrogen-bond acceptors (Lipinski definition) is 2. The molecular formula is C14H28F2N2. The van der Waals surface area contributed by atoms with E-state index in [-0.39, 0.29) is 23.5 Å². The molecule has 1 rings (SSSR count). The number of nitrogens with one attached hydrogen (secondary N) is 1. The van der Waals surface area contributed by atoms with Crippen LogP contribution in [0.1, 0.15) is 47.5 Å². The molecule has 0 bridgehead atoms. The summed E-state index contributed by atoms with van der Waals surface area (Å²) in [5, 5.41) is 3.57. The molecule has 0 radical (unpaired) electrons. The minimum absolute atomic E-state index is 0.0990. The monoisotopic (exact) mass is 262 g/mol. The summed E-state index contributed by atoms with van der Waals surface area (Å²) in [6.45, 7) is 12.1. The first-order chi connectivity index (χ1) is 8.25. The van der Waals surface area contributed by atoms with Crippen molar-refractivity contribution in [1.82, 2.24) is 10.2 Å². The fourth-order valence-electron chi connectivity index (χ4n) is 2.87. The van der Waals surface area contributed by atoms with Crippen LogP contribution >= 0.6 is 0 Å². The van der Waals surface area contributed by atoms with Gasteiger partial charge in [-0.3, -0.25) is 4.90 Å². The van der Waals surface area contributed by atoms with Crippen molar-refractivity contribution in [1.29, 1.82) is 0 Å². The van der Waals surface area contributed by atoms with E-state index >= 15 is 0 Å². The van der Waals surface area contributed by atoms with Crippen molar-refractivity contribution in [2.24, 2.45) is 5.41 Å². The van der Waals surface area contributed by atoms with E-state index in [1.165, 1.54) is 0 Å². The van der Waals surface area contributed by atoms with Crippen LogP contribution in [0.2, 0.25) is 0 Å². The molecule has 1 fully saturated rings. The Kier molecular flexibility index (Phi) is 5.13. The minimum Gasteiger partial charge on any atom is -0.310 e. The molecule has 1 unspecified atom stereocenters. The van der Waals surface area contributed by atoms with Crippen LogP contribution in [0, 0.1) is 5.41 Å². The average Bonchev–Trinajstić information content (AvgIpc) is 2.27. The molecule has 1 atom stereocenters. The summed E-state index contributed by atoms with van der Waals surface area (Å²) in [6.07, 6.45) is -0.415. The molecule has 0 aromatic heterocycles. The Balaban J connectivity index is 2.85. The maximum absolute atomic E-state index is 12.8. The Morgan fingerprint density at radius 1 is 1.28 bits per heavy atom. The van der Waals surface area contributed by atoms with Crippen LogP contribution in [0.3, 0.4) is 0 Å². The van der Waals surface area contributed by atoms with Gasteiger partial charge in [0.15, 0.2) is 0 Å². The summed E-state index contributed by atoms with van der Waals surface area (Å²) in [5.41, 5.74) is 0.00615. The van der Waals surface area contributed by atoms with Gasteiger partial charge >= 0.3 is 0 Å². The molecule has 0 aromatic rings.